The van der Waals surface area contributed by atoms with Gasteiger partial charge in [-0.2, -0.15) is 0 Å². The molecule has 0 N–H and O–H groups in total. The van der Waals surface area contributed by atoms with E-state index < -0.39 is 5.60 Å². The van der Waals surface area contributed by atoms with Crippen LogP contribution in [-0.2, 0) is 14.3 Å². The van der Waals surface area contributed by atoms with Crippen molar-refractivity contribution in [1.82, 2.24) is 9.97 Å². The van der Waals surface area contributed by atoms with Crippen LogP contribution in [0.15, 0.2) is 65.3 Å². The van der Waals surface area contributed by atoms with Gasteiger partial charge < -0.3 is 23.4 Å². The van der Waals surface area contributed by atoms with Crippen molar-refractivity contribution in [3.8, 4) is 34.1 Å². The van der Waals surface area contributed by atoms with Gasteiger partial charge in [0.2, 0.25) is 11.6 Å². The fraction of sp³-hybridized carbons (Fsp3) is 0.345. The zero-order chi connectivity index (χ0) is 26.4. The fourth-order valence-electron chi connectivity index (χ4n) is 3.82. The number of carbonyl (C=O) groups excluding carboxylic acids is 1. The molecule has 0 fully saturated rings. The number of hydrogen-bond donors (Lipinski definition) is 0. The molecule has 2 aromatic heterocycles. The summed E-state index contributed by atoms with van der Waals surface area (Å²) in [6.07, 6.45) is 1.31. The number of nitrogens with zero attached hydrogens (tertiary/aromatic N) is 2. The number of hydrogen-bond acceptors (Lipinski definition) is 8. The van der Waals surface area contributed by atoms with Crippen molar-refractivity contribution in [2.24, 2.45) is 0 Å². The first kappa shape index (κ1) is 26.2. The van der Waals surface area contributed by atoms with E-state index in [-0.39, 0.29) is 31.7 Å². The van der Waals surface area contributed by atoms with Gasteiger partial charge in [-0.15, -0.1) is 0 Å². The van der Waals surface area contributed by atoms with Gasteiger partial charge >= 0.3 is 5.97 Å². The summed E-state index contributed by atoms with van der Waals surface area (Å²) in [6.45, 7) is 7.86. The van der Waals surface area contributed by atoms with Crippen LogP contribution in [0.25, 0.3) is 33.6 Å². The third-order valence-electron chi connectivity index (χ3n) is 5.45. The molecule has 4 rings (SSSR count). The van der Waals surface area contributed by atoms with Gasteiger partial charge in [-0.25, -0.2) is 9.97 Å². The zero-order valence-corrected chi connectivity index (χ0v) is 21.8. The first-order valence-electron chi connectivity index (χ1n) is 12.2. The first-order chi connectivity index (χ1) is 17.7. The summed E-state index contributed by atoms with van der Waals surface area (Å²) < 4.78 is 28.8. The Bertz CT molecular complexity index is 1330. The standard InChI is InChI=1S/C29H32N2O6/c1-19(34-16-15-23(32)37-29(2,3)4)17-35-27-25-24(20-11-13-22(33-5)14-12-20)26(21-9-7-6-8-10-21)36-28(25)31-18-30-27/h6-14,18-19H,15-17H2,1-5H3. The van der Waals surface area contributed by atoms with Gasteiger partial charge in [0.15, 0.2) is 0 Å². The Morgan fingerprint density at radius 1 is 1.00 bits per heavy atom. The summed E-state index contributed by atoms with van der Waals surface area (Å²) in [5.74, 6) is 1.52. The maximum atomic E-state index is 11.9. The monoisotopic (exact) mass is 504 g/mol. The lowest BCUT2D eigenvalue weighted by Gasteiger charge is -2.20. The molecule has 0 amide bonds. The van der Waals surface area contributed by atoms with Gasteiger partial charge in [0, 0.05) is 11.1 Å². The lowest BCUT2D eigenvalue weighted by atomic mass is 9.99. The molecule has 0 saturated carbocycles. The molecule has 0 aliphatic rings. The van der Waals surface area contributed by atoms with Gasteiger partial charge in [0.1, 0.15) is 35.4 Å². The van der Waals surface area contributed by atoms with Crippen LogP contribution in [0.3, 0.4) is 0 Å². The highest BCUT2D eigenvalue weighted by Gasteiger charge is 2.23. The number of esters is 1. The predicted octanol–water partition coefficient (Wildman–Crippen LogP) is 6.08. The van der Waals surface area contributed by atoms with Gasteiger partial charge in [0.05, 0.1) is 26.2 Å². The second-order valence-corrected chi connectivity index (χ2v) is 9.59. The van der Waals surface area contributed by atoms with E-state index in [2.05, 4.69) is 9.97 Å². The van der Waals surface area contributed by atoms with E-state index in [4.69, 9.17) is 23.4 Å². The summed E-state index contributed by atoms with van der Waals surface area (Å²) in [6, 6.07) is 17.6. The lowest BCUT2D eigenvalue weighted by molar-refractivity contribution is -0.156. The fourth-order valence-corrected chi connectivity index (χ4v) is 3.82. The van der Waals surface area contributed by atoms with Crippen LogP contribution in [0.1, 0.15) is 34.1 Å². The van der Waals surface area contributed by atoms with E-state index in [1.807, 2.05) is 82.3 Å². The number of ether oxygens (including phenoxy) is 4. The van der Waals surface area contributed by atoms with Gasteiger partial charge in [-0.05, 0) is 45.4 Å². The predicted molar refractivity (Wildman–Crippen MR) is 141 cm³/mol. The lowest BCUT2D eigenvalue weighted by Crippen LogP contribution is -2.25. The van der Waals surface area contributed by atoms with Crippen LogP contribution in [0.5, 0.6) is 11.6 Å². The Morgan fingerprint density at radius 3 is 2.41 bits per heavy atom. The molecule has 2 heterocycles. The Morgan fingerprint density at radius 2 is 1.73 bits per heavy atom. The maximum absolute atomic E-state index is 11.9. The number of carbonyl (C=O) groups is 1. The minimum atomic E-state index is -0.519. The number of benzene rings is 2. The van der Waals surface area contributed by atoms with E-state index in [0.29, 0.717) is 22.7 Å². The molecule has 0 bridgehead atoms. The second kappa shape index (κ2) is 11.4. The highest BCUT2D eigenvalue weighted by molar-refractivity contribution is 6.03. The Hall–Kier alpha value is -3.91. The van der Waals surface area contributed by atoms with E-state index in [1.165, 1.54) is 6.33 Å². The molecule has 8 nitrogen and oxygen atoms in total. The van der Waals surface area contributed by atoms with Crippen LogP contribution >= 0.6 is 0 Å². The van der Waals surface area contributed by atoms with Crippen molar-refractivity contribution in [3.05, 3.63) is 60.9 Å². The topological polar surface area (TPSA) is 92.9 Å². The third-order valence-corrected chi connectivity index (χ3v) is 5.45. The quantitative estimate of drug-likeness (QED) is 0.240. The molecule has 8 heteroatoms. The highest BCUT2D eigenvalue weighted by atomic mass is 16.6. The molecule has 0 aliphatic carbocycles. The minimum absolute atomic E-state index is 0.170. The van der Waals surface area contributed by atoms with Gasteiger partial charge in [0.25, 0.3) is 0 Å². The maximum Gasteiger partial charge on any atom is 0.308 e. The van der Waals surface area contributed by atoms with E-state index in [1.54, 1.807) is 7.11 Å². The smallest absolute Gasteiger partial charge is 0.308 e. The Balaban J connectivity index is 1.57. The molecule has 194 valence electrons. The van der Waals surface area contributed by atoms with Crippen molar-refractivity contribution in [3.63, 3.8) is 0 Å². The Kier molecular flexibility index (Phi) is 8.08. The van der Waals surface area contributed by atoms with E-state index >= 15 is 0 Å². The molecule has 0 saturated heterocycles. The summed E-state index contributed by atoms with van der Waals surface area (Å²) in [7, 11) is 1.63. The molecule has 1 unspecified atom stereocenters. The summed E-state index contributed by atoms with van der Waals surface area (Å²) in [5, 5.41) is 0.674. The summed E-state index contributed by atoms with van der Waals surface area (Å²) in [4.78, 5) is 20.7. The molecule has 0 aliphatic heterocycles. The van der Waals surface area contributed by atoms with Crippen molar-refractivity contribution < 1.29 is 28.2 Å². The van der Waals surface area contributed by atoms with E-state index in [9.17, 15) is 4.79 Å². The third kappa shape index (κ3) is 6.65. The van der Waals surface area contributed by atoms with Crippen molar-refractivity contribution in [2.45, 2.75) is 45.8 Å². The second-order valence-electron chi connectivity index (χ2n) is 9.59. The largest absolute Gasteiger partial charge is 0.497 e. The summed E-state index contributed by atoms with van der Waals surface area (Å²) in [5.41, 5.74) is 2.57. The molecule has 0 spiro atoms. The summed E-state index contributed by atoms with van der Waals surface area (Å²) >= 11 is 0. The highest BCUT2D eigenvalue weighted by Crippen LogP contribution is 2.43. The van der Waals surface area contributed by atoms with Crippen LogP contribution in [-0.4, -0.2) is 48.0 Å². The van der Waals surface area contributed by atoms with Gasteiger partial charge in [-0.3, -0.25) is 4.79 Å². The van der Waals surface area contributed by atoms with Crippen LogP contribution in [0.2, 0.25) is 0 Å². The molecule has 0 radical (unpaired) electrons. The molecule has 2 aromatic carbocycles. The minimum Gasteiger partial charge on any atom is -0.497 e. The zero-order valence-electron chi connectivity index (χ0n) is 21.8. The average molecular weight is 505 g/mol. The SMILES string of the molecule is COc1ccc(-c2c(-c3ccccc3)oc3ncnc(OCC(C)OCCC(=O)OC(C)(C)C)c23)cc1. The Labute approximate surface area is 216 Å². The molecule has 37 heavy (non-hydrogen) atoms. The molecular weight excluding hydrogens is 472 g/mol. The molecule has 1 atom stereocenters. The van der Waals surface area contributed by atoms with Crippen LogP contribution in [0.4, 0.5) is 0 Å². The van der Waals surface area contributed by atoms with Crippen molar-refractivity contribution >= 4 is 17.1 Å². The average Bonchev–Trinajstić information content (AvgIpc) is 3.27. The van der Waals surface area contributed by atoms with E-state index in [0.717, 1.165) is 22.4 Å². The number of furan rings is 1. The van der Waals surface area contributed by atoms with Gasteiger partial charge in [-0.1, -0.05) is 42.5 Å². The van der Waals surface area contributed by atoms with Crippen molar-refractivity contribution in [2.75, 3.05) is 20.3 Å². The number of fused-ring (bicyclic) bond motifs is 1. The van der Waals surface area contributed by atoms with Crippen LogP contribution in [0, 0.1) is 0 Å². The first-order valence-corrected chi connectivity index (χ1v) is 12.2. The number of methoxy groups -OCH3 is 1. The number of rotatable bonds is 10. The normalized spacial score (nSPS) is 12.4. The van der Waals surface area contributed by atoms with Crippen molar-refractivity contribution in [1.29, 1.82) is 0 Å². The van der Waals surface area contributed by atoms with Crippen LogP contribution < -0.4 is 9.47 Å². The molecular formula is C29H32N2O6. The number of aromatic nitrogens is 2. The molecule has 4 aromatic rings.